The van der Waals surface area contributed by atoms with Gasteiger partial charge in [0.05, 0.1) is 0 Å². The Balaban J connectivity index is 2.04. The SMILES string of the molecule is CCc1ccc(CN(C)C(=O)c2ccc(Cl)nn2)cc1. The van der Waals surface area contributed by atoms with Gasteiger partial charge in [-0.25, -0.2) is 0 Å². The lowest BCUT2D eigenvalue weighted by Crippen LogP contribution is -2.27. The highest BCUT2D eigenvalue weighted by atomic mass is 35.5. The van der Waals surface area contributed by atoms with Crippen LogP contribution in [-0.4, -0.2) is 28.1 Å². The molecule has 5 heteroatoms. The van der Waals surface area contributed by atoms with E-state index >= 15 is 0 Å². The second-order valence-corrected chi connectivity index (χ2v) is 4.96. The number of amides is 1. The number of benzene rings is 1. The molecule has 0 aliphatic heterocycles. The van der Waals surface area contributed by atoms with Crippen molar-refractivity contribution in [3.63, 3.8) is 0 Å². The summed E-state index contributed by atoms with van der Waals surface area (Å²) < 4.78 is 0. The number of hydrogen-bond donors (Lipinski definition) is 0. The maximum Gasteiger partial charge on any atom is 0.274 e. The highest BCUT2D eigenvalue weighted by molar-refractivity contribution is 6.29. The number of aryl methyl sites for hydroxylation is 1. The summed E-state index contributed by atoms with van der Waals surface area (Å²) in [5.41, 5.74) is 2.66. The van der Waals surface area contributed by atoms with Crippen LogP contribution in [-0.2, 0) is 13.0 Å². The van der Waals surface area contributed by atoms with Crippen molar-refractivity contribution in [1.82, 2.24) is 15.1 Å². The van der Waals surface area contributed by atoms with Crippen molar-refractivity contribution in [2.45, 2.75) is 19.9 Å². The second kappa shape index (κ2) is 6.48. The van der Waals surface area contributed by atoms with Gasteiger partial charge in [-0.3, -0.25) is 4.79 Å². The number of carbonyl (C=O) groups excluding carboxylic acids is 1. The van der Waals surface area contributed by atoms with E-state index in [2.05, 4.69) is 29.3 Å². The number of halogens is 1. The molecular weight excluding hydrogens is 274 g/mol. The summed E-state index contributed by atoms with van der Waals surface area (Å²) in [6, 6.07) is 11.4. The van der Waals surface area contributed by atoms with Gasteiger partial charge in [-0.1, -0.05) is 42.8 Å². The van der Waals surface area contributed by atoms with Gasteiger partial charge in [0.2, 0.25) is 0 Å². The predicted octanol–water partition coefficient (Wildman–Crippen LogP) is 2.96. The number of carbonyl (C=O) groups is 1. The molecule has 0 aliphatic rings. The minimum atomic E-state index is -0.172. The number of rotatable bonds is 4. The second-order valence-electron chi connectivity index (χ2n) is 4.57. The van der Waals surface area contributed by atoms with E-state index in [-0.39, 0.29) is 11.1 Å². The van der Waals surface area contributed by atoms with Gasteiger partial charge in [0, 0.05) is 13.6 Å². The summed E-state index contributed by atoms with van der Waals surface area (Å²) in [5.74, 6) is -0.172. The van der Waals surface area contributed by atoms with Crippen LogP contribution in [0.2, 0.25) is 5.15 Å². The predicted molar refractivity (Wildman–Crippen MR) is 78.7 cm³/mol. The van der Waals surface area contributed by atoms with Crippen LogP contribution in [0, 0.1) is 0 Å². The molecule has 0 unspecified atom stereocenters. The fourth-order valence-electron chi connectivity index (χ4n) is 1.85. The topological polar surface area (TPSA) is 46.1 Å². The van der Waals surface area contributed by atoms with Crippen LogP contribution in [0.4, 0.5) is 0 Å². The first-order chi connectivity index (χ1) is 9.60. The van der Waals surface area contributed by atoms with Gasteiger partial charge < -0.3 is 4.90 Å². The molecule has 0 aliphatic carbocycles. The molecule has 0 atom stereocenters. The average Bonchev–Trinajstić information content (AvgIpc) is 2.48. The van der Waals surface area contributed by atoms with Crippen LogP contribution in [0.5, 0.6) is 0 Å². The van der Waals surface area contributed by atoms with Gasteiger partial charge in [-0.15, -0.1) is 10.2 Å². The Kier molecular flexibility index (Phi) is 4.69. The minimum absolute atomic E-state index is 0.172. The zero-order valence-corrected chi connectivity index (χ0v) is 12.3. The van der Waals surface area contributed by atoms with E-state index in [9.17, 15) is 4.79 Å². The third-order valence-electron chi connectivity index (χ3n) is 3.05. The van der Waals surface area contributed by atoms with E-state index in [4.69, 9.17) is 11.6 Å². The van der Waals surface area contributed by atoms with Crippen molar-refractivity contribution in [2.75, 3.05) is 7.05 Å². The lowest BCUT2D eigenvalue weighted by atomic mass is 10.1. The van der Waals surface area contributed by atoms with Crippen LogP contribution in [0.25, 0.3) is 0 Å². The Morgan fingerprint density at radius 3 is 2.30 bits per heavy atom. The van der Waals surface area contributed by atoms with Crippen molar-refractivity contribution >= 4 is 17.5 Å². The van der Waals surface area contributed by atoms with Crippen molar-refractivity contribution in [3.05, 3.63) is 58.4 Å². The molecule has 0 fully saturated rings. The summed E-state index contributed by atoms with van der Waals surface area (Å²) >= 11 is 5.66. The van der Waals surface area contributed by atoms with Crippen LogP contribution in [0.1, 0.15) is 28.5 Å². The monoisotopic (exact) mass is 289 g/mol. The molecule has 1 amide bonds. The standard InChI is InChI=1S/C15H16ClN3O/c1-3-11-4-6-12(7-5-11)10-19(2)15(20)13-8-9-14(16)18-17-13/h4-9H,3,10H2,1-2H3. The van der Waals surface area contributed by atoms with Crippen molar-refractivity contribution < 1.29 is 4.79 Å². The number of nitrogens with zero attached hydrogens (tertiary/aromatic N) is 3. The van der Waals surface area contributed by atoms with Crippen molar-refractivity contribution in [3.8, 4) is 0 Å². The molecule has 2 aromatic rings. The molecule has 104 valence electrons. The molecule has 1 heterocycles. The van der Waals surface area contributed by atoms with E-state index in [1.54, 1.807) is 24.1 Å². The highest BCUT2D eigenvalue weighted by Gasteiger charge is 2.13. The van der Waals surface area contributed by atoms with Gasteiger partial charge in [0.1, 0.15) is 0 Å². The zero-order chi connectivity index (χ0) is 14.5. The molecule has 4 nitrogen and oxygen atoms in total. The van der Waals surface area contributed by atoms with Gasteiger partial charge >= 0.3 is 0 Å². The molecule has 0 saturated heterocycles. The van der Waals surface area contributed by atoms with E-state index < -0.39 is 0 Å². The summed E-state index contributed by atoms with van der Waals surface area (Å²) in [6.07, 6.45) is 1.01. The molecule has 1 aromatic heterocycles. The highest BCUT2D eigenvalue weighted by Crippen LogP contribution is 2.10. The molecule has 1 aromatic carbocycles. The molecule has 0 spiro atoms. The third-order valence-corrected chi connectivity index (χ3v) is 3.25. The van der Waals surface area contributed by atoms with Crippen molar-refractivity contribution in [1.29, 1.82) is 0 Å². The maximum absolute atomic E-state index is 12.2. The zero-order valence-electron chi connectivity index (χ0n) is 11.5. The molecule has 20 heavy (non-hydrogen) atoms. The molecule has 0 saturated carbocycles. The fraction of sp³-hybridized carbons (Fsp3) is 0.267. The molecule has 0 N–H and O–H groups in total. The van der Waals surface area contributed by atoms with Gasteiger partial charge in [0.25, 0.3) is 5.91 Å². The van der Waals surface area contributed by atoms with E-state index in [0.717, 1.165) is 12.0 Å². The maximum atomic E-state index is 12.2. The summed E-state index contributed by atoms with van der Waals surface area (Å²) in [4.78, 5) is 13.8. The van der Waals surface area contributed by atoms with Crippen LogP contribution < -0.4 is 0 Å². The van der Waals surface area contributed by atoms with Crippen LogP contribution >= 0.6 is 11.6 Å². The number of hydrogen-bond acceptors (Lipinski definition) is 3. The molecule has 0 bridgehead atoms. The molecule has 2 rings (SSSR count). The largest absolute Gasteiger partial charge is 0.336 e. The number of aromatic nitrogens is 2. The van der Waals surface area contributed by atoms with Crippen molar-refractivity contribution in [2.24, 2.45) is 0 Å². The smallest absolute Gasteiger partial charge is 0.274 e. The third kappa shape index (κ3) is 3.54. The first kappa shape index (κ1) is 14.5. The first-order valence-corrected chi connectivity index (χ1v) is 6.80. The van der Waals surface area contributed by atoms with Crippen LogP contribution in [0.3, 0.4) is 0 Å². The Morgan fingerprint density at radius 1 is 1.10 bits per heavy atom. The Bertz CT molecular complexity index is 581. The Labute approximate surface area is 123 Å². The van der Waals surface area contributed by atoms with Gasteiger partial charge in [-0.2, -0.15) is 0 Å². The first-order valence-electron chi connectivity index (χ1n) is 6.42. The van der Waals surface area contributed by atoms with Crippen LogP contribution in [0.15, 0.2) is 36.4 Å². The van der Waals surface area contributed by atoms with Gasteiger partial charge in [0.15, 0.2) is 10.8 Å². The lowest BCUT2D eigenvalue weighted by molar-refractivity contribution is 0.0778. The lowest BCUT2D eigenvalue weighted by Gasteiger charge is -2.16. The Hall–Kier alpha value is -1.94. The average molecular weight is 290 g/mol. The fourth-order valence-corrected chi connectivity index (χ4v) is 1.95. The summed E-state index contributed by atoms with van der Waals surface area (Å²) in [7, 11) is 1.74. The van der Waals surface area contributed by atoms with E-state index in [0.29, 0.717) is 12.2 Å². The molecule has 0 radical (unpaired) electrons. The summed E-state index contributed by atoms with van der Waals surface area (Å²) in [5, 5.41) is 7.75. The Morgan fingerprint density at radius 2 is 1.75 bits per heavy atom. The normalized spacial score (nSPS) is 10.3. The quantitative estimate of drug-likeness (QED) is 0.869. The summed E-state index contributed by atoms with van der Waals surface area (Å²) in [6.45, 7) is 2.65. The minimum Gasteiger partial charge on any atom is -0.336 e. The van der Waals surface area contributed by atoms with E-state index in [1.807, 2.05) is 12.1 Å². The van der Waals surface area contributed by atoms with Gasteiger partial charge in [-0.05, 0) is 29.7 Å². The van der Waals surface area contributed by atoms with E-state index in [1.165, 1.54) is 5.56 Å². The molecular formula is C15H16ClN3O.